The van der Waals surface area contributed by atoms with Crippen molar-refractivity contribution in [1.82, 2.24) is 4.98 Å². The molecule has 0 spiro atoms. The third-order valence-corrected chi connectivity index (χ3v) is 6.41. The molecule has 3 aromatic carbocycles. The smallest absolute Gasteiger partial charge is 0.230 e. The largest absolute Gasteiger partial charge is 0.325 e. The highest BCUT2D eigenvalue weighted by atomic mass is 32.1. The van der Waals surface area contributed by atoms with E-state index >= 15 is 0 Å². The number of aromatic nitrogens is 1. The predicted molar refractivity (Wildman–Crippen MR) is 131 cm³/mol. The van der Waals surface area contributed by atoms with Crippen molar-refractivity contribution in [2.24, 2.45) is 0 Å². The first kappa shape index (κ1) is 21.0. The fourth-order valence-corrected chi connectivity index (χ4v) is 4.66. The van der Waals surface area contributed by atoms with Crippen molar-refractivity contribution in [1.29, 1.82) is 0 Å². The average Bonchev–Trinajstić information content (AvgIpc) is 3.18. The van der Waals surface area contributed by atoms with E-state index in [4.69, 9.17) is 4.98 Å². The molecule has 0 radical (unpaired) electrons. The Morgan fingerprint density at radius 1 is 0.903 bits per heavy atom. The van der Waals surface area contributed by atoms with E-state index in [9.17, 15) is 4.79 Å². The second kappa shape index (κ2) is 9.27. The van der Waals surface area contributed by atoms with Gasteiger partial charge in [0.15, 0.2) is 0 Å². The Kier molecular flexibility index (Phi) is 6.28. The van der Waals surface area contributed by atoms with Gasteiger partial charge in [0.1, 0.15) is 5.01 Å². The zero-order chi connectivity index (χ0) is 21.8. The van der Waals surface area contributed by atoms with Crippen LogP contribution in [0.4, 0.5) is 5.69 Å². The molecular weight excluding hydrogens is 400 g/mol. The molecule has 0 aliphatic heterocycles. The Hall–Kier alpha value is -3.24. The molecule has 0 unspecified atom stereocenters. The number of aryl methyl sites for hydroxylation is 1. The van der Waals surface area contributed by atoms with Gasteiger partial charge in [-0.05, 0) is 30.0 Å². The lowest BCUT2D eigenvalue weighted by Crippen LogP contribution is -2.16. The Morgan fingerprint density at radius 3 is 2.29 bits per heavy atom. The summed E-state index contributed by atoms with van der Waals surface area (Å²) in [5, 5.41) is 4.03. The van der Waals surface area contributed by atoms with E-state index in [0.717, 1.165) is 38.0 Å². The van der Waals surface area contributed by atoms with Crippen LogP contribution in [0.3, 0.4) is 0 Å². The molecule has 0 saturated carbocycles. The summed E-state index contributed by atoms with van der Waals surface area (Å²) in [5.74, 6) is 0.287. The average molecular weight is 427 g/mol. The van der Waals surface area contributed by atoms with E-state index in [0.29, 0.717) is 5.92 Å². The topological polar surface area (TPSA) is 42.0 Å². The van der Waals surface area contributed by atoms with Gasteiger partial charge in [-0.15, -0.1) is 11.3 Å². The van der Waals surface area contributed by atoms with Gasteiger partial charge in [-0.25, -0.2) is 4.98 Å². The lowest BCUT2D eigenvalue weighted by Gasteiger charge is -2.13. The van der Waals surface area contributed by atoms with Crippen LogP contribution >= 0.6 is 11.3 Å². The molecule has 4 rings (SSSR count). The Morgan fingerprint density at radius 2 is 1.58 bits per heavy atom. The summed E-state index contributed by atoms with van der Waals surface area (Å²) >= 11 is 1.64. The highest BCUT2D eigenvalue weighted by Crippen LogP contribution is 2.36. The quantitative estimate of drug-likeness (QED) is 0.357. The maximum absolute atomic E-state index is 13.0. The molecule has 0 saturated heterocycles. The Balaban J connectivity index is 1.66. The van der Waals surface area contributed by atoms with Crippen LogP contribution in [-0.2, 0) is 11.2 Å². The second-order valence-electron chi connectivity index (χ2n) is 7.99. The molecule has 4 aromatic rings. The van der Waals surface area contributed by atoms with Crippen LogP contribution < -0.4 is 5.32 Å². The van der Waals surface area contributed by atoms with Gasteiger partial charge in [0.05, 0.1) is 17.0 Å². The molecule has 0 bridgehead atoms. The number of thiazole rings is 1. The van der Waals surface area contributed by atoms with Gasteiger partial charge in [0, 0.05) is 11.3 Å². The van der Waals surface area contributed by atoms with E-state index in [1.54, 1.807) is 11.3 Å². The number of nitrogens with zero attached hydrogens (tertiary/aromatic N) is 1. The fourth-order valence-electron chi connectivity index (χ4n) is 3.57. The highest BCUT2D eigenvalue weighted by Gasteiger charge is 2.18. The summed E-state index contributed by atoms with van der Waals surface area (Å²) in [6.07, 6.45) is 0.235. The first-order valence-corrected chi connectivity index (χ1v) is 11.3. The van der Waals surface area contributed by atoms with Crippen molar-refractivity contribution in [2.75, 3.05) is 5.32 Å². The Bertz CT molecular complexity index is 1180. The van der Waals surface area contributed by atoms with E-state index in [1.807, 2.05) is 36.4 Å². The first-order valence-electron chi connectivity index (χ1n) is 10.5. The predicted octanol–water partition coefficient (Wildman–Crippen LogP) is 7.09. The summed E-state index contributed by atoms with van der Waals surface area (Å²) in [6, 6.07) is 26.5. The van der Waals surface area contributed by atoms with E-state index in [1.165, 1.54) is 5.56 Å². The number of anilines is 1. The number of benzene rings is 3. The van der Waals surface area contributed by atoms with Crippen molar-refractivity contribution < 1.29 is 4.79 Å². The molecule has 3 nitrogen and oxygen atoms in total. The maximum Gasteiger partial charge on any atom is 0.230 e. The number of nitrogens with one attached hydrogen (secondary N) is 1. The minimum absolute atomic E-state index is 0.0497. The van der Waals surface area contributed by atoms with Crippen LogP contribution in [-0.4, -0.2) is 10.9 Å². The Labute approximate surface area is 187 Å². The summed E-state index contributed by atoms with van der Waals surface area (Å²) in [5.41, 5.74) is 6.19. The van der Waals surface area contributed by atoms with Crippen molar-refractivity contribution in [2.45, 2.75) is 33.1 Å². The van der Waals surface area contributed by atoms with Crippen LogP contribution in [0.15, 0.2) is 78.9 Å². The number of carbonyl (C=O) groups excluding carboxylic acids is 1. The van der Waals surface area contributed by atoms with Gasteiger partial charge in [-0.3, -0.25) is 4.79 Å². The number of rotatable bonds is 6. The van der Waals surface area contributed by atoms with Crippen molar-refractivity contribution in [3.05, 3.63) is 95.7 Å². The number of amides is 1. The van der Waals surface area contributed by atoms with Crippen LogP contribution in [0.25, 0.3) is 21.0 Å². The van der Waals surface area contributed by atoms with Crippen molar-refractivity contribution in [3.63, 3.8) is 0 Å². The molecule has 0 aliphatic carbocycles. The maximum atomic E-state index is 13.0. The van der Waals surface area contributed by atoms with Crippen molar-refractivity contribution in [3.8, 4) is 21.0 Å². The third kappa shape index (κ3) is 4.92. The normalized spacial score (nSPS) is 11.0. The molecule has 156 valence electrons. The van der Waals surface area contributed by atoms with Crippen molar-refractivity contribution >= 4 is 22.9 Å². The highest BCUT2D eigenvalue weighted by molar-refractivity contribution is 7.18. The molecular formula is C27H26N2OS. The molecule has 1 heterocycles. The van der Waals surface area contributed by atoms with Gasteiger partial charge in [0.25, 0.3) is 0 Å². The third-order valence-electron chi connectivity index (χ3n) is 5.22. The first-order chi connectivity index (χ1) is 15.0. The molecule has 1 N–H and O–H groups in total. The minimum atomic E-state index is -0.0497. The lowest BCUT2D eigenvalue weighted by molar-refractivity contribution is -0.115. The summed E-state index contributed by atoms with van der Waals surface area (Å²) in [6.45, 7) is 6.34. The van der Waals surface area contributed by atoms with Gasteiger partial charge < -0.3 is 5.32 Å². The zero-order valence-electron chi connectivity index (χ0n) is 18.1. The molecule has 4 heteroatoms. The SMILES string of the molecule is Cc1ccc(-c2sc(-c3ccccc3)nc2CC(=O)Nc2ccccc2C(C)C)cc1. The number of hydrogen-bond donors (Lipinski definition) is 1. The van der Waals surface area contributed by atoms with Crippen LogP contribution in [0.2, 0.25) is 0 Å². The number of hydrogen-bond acceptors (Lipinski definition) is 3. The lowest BCUT2D eigenvalue weighted by atomic mass is 10.0. The molecule has 0 fully saturated rings. The van der Waals surface area contributed by atoms with Crippen LogP contribution in [0.5, 0.6) is 0 Å². The van der Waals surface area contributed by atoms with Gasteiger partial charge in [0.2, 0.25) is 5.91 Å². The number of carbonyl (C=O) groups is 1. The van der Waals surface area contributed by atoms with Crippen LogP contribution in [0.1, 0.15) is 36.6 Å². The molecule has 0 aliphatic rings. The summed E-state index contributed by atoms with van der Waals surface area (Å²) < 4.78 is 0. The van der Waals surface area contributed by atoms with Gasteiger partial charge >= 0.3 is 0 Å². The molecule has 1 aromatic heterocycles. The fraction of sp³-hybridized carbons (Fsp3) is 0.185. The standard InChI is InChI=1S/C27H26N2OS/c1-18(2)22-11-7-8-12-23(22)28-25(30)17-24-26(20-15-13-19(3)14-16-20)31-27(29-24)21-9-5-4-6-10-21/h4-16,18H,17H2,1-3H3,(H,28,30). The molecule has 0 atom stereocenters. The monoisotopic (exact) mass is 426 g/mol. The van der Waals surface area contributed by atoms with E-state index in [-0.39, 0.29) is 12.3 Å². The van der Waals surface area contributed by atoms with Gasteiger partial charge in [-0.2, -0.15) is 0 Å². The van der Waals surface area contributed by atoms with Gasteiger partial charge in [-0.1, -0.05) is 92.2 Å². The molecule has 1 amide bonds. The van der Waals surface area contributed by atoms with Crippen LogP contribution in [0, 0.1) is 6.92 Å². The second-order valence-corrected chi connectivity index (χ2v) is 8.99. The van der Waals surface area contributed by atoms with E-state index in [2.05, 4.69) is 68.6 Å². The zero-order valence-corrected chi connectivity index (χ0v) is 18.9. The summed E-state index contributed by atoms with van der Waals surface area (Å²) in [7, 11) is 0. The van der Waals surface area contributed by atoms with E-state index < -0.39 is 0 Å². The summed E-state index contributed by atoms with van der Waals surface area (Å²) in [4.78, 5) is 18.9. The molecule has 31 heavy (non-hydrogen) atoms. The number of para-hydroxylation sites is 1. The minimum Gasteiger partial charge on any atom is -0.325 e.